The number of benzene rings is 1. The molecule has 1 aliphatic rings. The smallest absolute Gasteiger partial charge is 0.123 e. The van der Waals surface area contributed by atoms with Crippen molar-refractivity contribution in [3.05, 3.63) is 30.1 Å². The van der Waals surface area contributed by atoms with Gasteiger partial charge in [-0.1, -0.05) is 6.42 Å². The maximum Gasteiger partial charge on any atom is 0.123 e. The summed E-state index contributed by atoms with van der Waals surface area (Å²) in [5.74, 6) is 0.305. The lowest BCUT2D eigenvalue weighted by Crippen LogP contribution is -2.48. The van der Waals surface area contributed by atoms with Gasteiger partial charge in [-0.25, -0.2) is 4.39 Å². The molecule has 0 amide bonds. The summed E-state index contributed by atoms with van der Waals surface area (Å²) in [7, 11) is 0. The molecule has 2 rings (SSSR count). The number of aliphatic hydroxyl groups excluding tert-OH is 1. The Hall–Kier alpha value is -0.840. The third kappa shape index (κ3) is 5.46. The Morgan fingerprint density at radius 1 is 1.24 bits per heavy atom. The summed E-state index contributed by atoms with van der Waals surface area (Å²) < 4.78 is 18.3. The van der Waals surface area contributed by atoms with E-state index in [1.165, 1.54) is 31.4 Å². The predicted octanol–water partition coefficient (Wildman–Crippen LogP) is 3.25. The molecule has 3 unspecified atom stereocenters. The first kappa shape index (κ1) is 18.2. The zero-order valence-electron chi connectivity index (χ0n) is 12.7. The average Bonchev–Trinajstić information content (AvgIpc) is 2.42. The minimum absolute atomic E-state index is 0. The lowest BCUT2D eigenvalue weighted by atomic mass is 9.97. The van der Waals surface area contributed by atoms with Crippen molar-refractivity contribution in [2.75, 3.05) is 13.2 Å². The van der Waals surface area contributed by atoms with Gasteiger partial charge < -0.3 is 9.84 Å². The van der Waals surface area contributed by atoms with Crippen LogP contribution in [0.4, 0.5) is 4.39 Å². The van der Waals surface area contributed by atoms with E-state index in [0.29, 0.717) is 24.4 Å². The Bertz CT molecular complexity index is 405. The third-order valence-electron chi connectivity index (χ3n) is 4.05. The van der Waals surface area contributed by atoms with Crippen molar-refractivity contribution in [2.45, 2.75) is 51.3 Å². The van der Waals surface area contributed by atoms with E-state index in [2.05, 4.69) is 18.7 Å². The number of hydrogen-bond acceptors (Lipinski definition) is 3. The van der Waals surface area contributed by atoms with Gasteiger partial charge in [-0.2, -0.15) is 0 Å². The molecule has 1 N–H and O–H groups in total. The van der Waals surface area contributed by atoms with Gasteiger partial charge in [-0.05, 0) is 51.0 Å². The Kier molecular flexibility index (Phi) is 7.43. The number of likely N-dealkylation sites (tertiary alicyclic amines) is 1. The Morgan fingerprint density at radius 3 is 2.38 bits per heavy atom. The molecular formula is C16H25ClFNO2. The molecule has 3 atom stereocenters. The molecule has 1 saturated heterocycles. The van der Waals surface area contributed by atoms with Crippen LogP contribution in [0.5, 0.6) is 5.75 Å². The third-order valence-corrected chi connectivity index (χ3v) is 4.05. The van der Waals surface area contributed by atoms with E-state index >= 15 is 0 Å². The van der Waals surface area contributed by atoms with E-state index in [1.807, 2.05) is 0 Å². The Morgan fingerprint density at radius 2 is 1.81 bits per heavy atom. The molecule has 1 heterocycles. The molecule has 1 aliphatic heterocycles. The fourth-order valence-corrected chi connectivity index (χ4v) is 2.85. The monoisotopic (exact) mass is 317 g/mol. The SMILES string of the molecule is CC1CCCC(C)N1CC(O)COc1ccc(F)cc1.Cl. The van der Waals surface area contributed by atoms with Gasteiger partial charge in [-0.15, -0.1) is 12.4 Å². The van der Waals surface area contributed by atoms with Gasteiger partial charge in [0.1, 0.15) is 24.3 Å². The molecule has 0 spiro atoms. The number of rotatable bonds is 5. The van der Waals surface area contributed by atoms with Crippen molar-refractivity contribution in [2.24, 2.45) is 0 Å². The van der Waals surface area contributed by atoms with Crippen molar-refractivity contribution in [1.29, 1.82) is 0 Å². The Labute approximate surface area is 132 Å². The molecule has 1 fully saturated rings. The summed E-state index contributed by atoms with van der Waals surface area (Å²) in [6.45, 7) is 5.29. The Balaban J connectivity index is 0.00000220. The summed E-state index contributed by atoms with van der Waals surface area (Å²) in [5.41, 5.74) is 0. The fourth-order valence-electron chi connectivity index (χ4n) is 2.85. The largest absolute Gasteiger partial charge is 0.491 e. The van der Waals surface area contributed by atoms with Crippen LogP contribution in [0.3, 0.4) is 0 Å². The molecule has 0 aromatic heterocycles. The van der Waals surface area contributed by atoms with E-state index in [4.69, 9.17) is 4.74 Å². The quantitative estimate of drug-likeness (QED) is 0.905. The number of nitrogens with zero attached hydrogens (tertiary/aromatic N) is 1. The van der Waals surface area contributed by atoms with Gasteiger partial charge in [0.2, 0.25) is 0 Å². The van der Waals surface area contributed by atoms with Crippen LogP contribution in [-0.4, -0.2) is 41.3 Å². The van der Waals surface area contributed by atoms with Gasteiger partial charge in [0.05, 0.1) is 0 Å². The number of aliphatic hydroxyl groups is 1. The number of hydrogen-bond donors (Lipinski definition) is 1. The van der Waals surface area contributed by atoms with Crippen molar-refractivity contribution in [3.63, 3.8) is 0 Å². The van der Waals surface area contributed by atoms with Crippen molar-refractivity contribution >= 4 is 12.4 Å². The molecule has 1 aromatic carbocycles. The second kappa shape index (κ2) is 8.57. The number of halogens is 2. The maximum atomic E-state index is 12.8. The van der Waals surface area contributed by atoms with Crippen LogP contribution in [0.1, 0.15) is 33.1 Å². The zero-order valence-corrected chi connectivity index (χ0v) is 13.5. The van der Waals surface area contributed by atoms with E-state index in [9.17, 15) is 9.50 Å². The van der Waals surface area contributed by atoms with Gasteiger partial charge in [0.15, 0.2) is 0 Å². The van der Waals surface area contributed by atoms with E-state index in [0.717, 1.165) is 0 Å². The maximum absolute atomic E-state index is 12.8. The highest BCUT2D eigenvalue weighted by molar-refractivity contribution is 5.85. The highest BCUT2D eigenvalue weighted by Crippen LogP contribution is 2.22. The normalized spacial score (nSPS) is 24.2. The second-order valence-electron chi connectivity index (χ2n) is 5.74. The zero-order chi connectivity index (χ0) is 14.5. The van der Waals surface area contributed by atoms with Crippen LogP contribution in [0.25, 0.3) is 0 Å². The number of β-amino-alcohol motifs (C(OH)–C–C–N with tert-alkyl or cyclic N) is 1. The molecule has 1 aromatic rings. The first-order chi connectivity index (χ1) is 9.56. The molecule has 0 bridgehead atoms. The molecule has 3 nitrogen and oxygen atoms in total. The lowest BCUT2D eigenvalue weighted by molar-refractivity contribution is 0.0209. The second-order valence-corrected chi connectivity index (χ2v) is 5.74. The fraction of sp³-hybridized carbons (Fsp3) is 0.625. The van der Waals surface area contributed by atoms with Crippen LogP contribution in [0, 0.1) is 5.82 Å². The number of ether oxygens (including phenoxy) is 1. The summed E-state index contributed by atoms with van der Waals surface area (Å²) in [6, 6.07) is 6.90. The molecule has 0 radical (unpaired) electrons. The molecule has 0 saturated carbocycles. The standard InChI is InChI=1S/C16H24FNO2.ClH/c1-12-4-3-5-13(2)18(12)10-15(19)11-20-16-8-6-14(17)7-9-16;/h6-9,12-13,15,19H,3-5,10-11H2,1-2H3;1H. The average molecular weight is 318 g/mol. The highest BCUT2D eigenvalue weighted by Gasteiger charge is 2.26. The lowest BCUT2D eigenvalue weighted by Gasteiger charge is -2.40. The summed E-state index contributed by atoms with van der Waals surface area (Å²) in [4.78, 5) is 2.35. The van der Waals surface area contributed by atoms with Crippen LogP contribution in [0.2, 0.25) is 0 Å². The highest BCUT2D eigenvalue weighted by atomic mass is 35.5. The molecule has 120 valence electrons. The topological polar surface area (TPSA) is 32.7 Å². The number of piperidine rings is 1. The van der Waals surface area contributed by atoms with Crippen molar-refractivity contribution in [1.82, 2.24) is 4.90 Å². The van der Waals surface area contributed by atoms with Crippen LogP contribution in [0.15, 0.2) is 24.3 Å². The van der Waals surface area contributed by atoms with Crippen molar-refractivity contribution < 1.29 is 14.2 Å². The summed E-state index contributed by atoms with van der Waals surface area (Å²) >= 11 is 0. The predicted molar refractivity (Wildman–Crippen MR) is 84.6 cm³/mol. The van der Waals surface area contributed by atoms with Gasteiger partial charge in [0, 0.05) is 18.6 Å². The van der Waals surface area contributed by atoms with Gasteiger partial charge >= 0.3 is 0 Å². The first-order valence-corrected chi connectivity index (χ1v) is 7.38. The van der Waals surface area contributed by atoms with Crippen molar-refractivity contribution in [3.8, 4) is 5.75 Å². The van der Waals surface area contributed by atoms with E-state index in [-0.39, 0.29) is 24.8 Å². The van der Waals surface area contributed by atoms with Gasteiger partial charge in [-0.3, -0.25) is 4.90 Å². The molecule has 5 heteroatoms. The molecule has 21 heavy (non-hydrogen) atoms. The van der Waals surface area contributed by atoms with E-state index < -0.39 is 6.10 Å². The first-order valence-electron chi connectivity index (χ1n) is 7.38. The summed E-state index contributed by atoms with van der Waals surface area (Å²) in [5, 5.41) is 10.1. The van der Waals surface area contributed by atoms with Crippen LogP contribution in [-0.2, 0) is 0 Å². The minimum Gasteiger partial charge on any atom is -0.491 e. The molecule has 0 aliphatic carbocycles. The van der Waals surface area contributed by atoms with Crippen LogP contribution >= 0.6 is 12.4 Å². The molecular weight excluding hydrogens is 293 g/mol. The summed E-state index contributed by atoms with van der Waals surface area (Å²) in [6.07, 6.45) is 3.12. The minimum atomic E-state index is -0.525. The van der Waals surface area contributed by atoms with E-state index in [1.54, 1.807) is 12.1 Å². The van der Waals surface area contributed by atoms with Gasteiger partial charge in [0.25, 0.3) is 0 Å². The van der Waals surface area contributed by atoms with Crippen LogP contribution < -0.4 is 4.74 Å².